The normalized spacial score (nSPS) is 15.4. The van der Waals surface area contributed by atoms with Crippen molar-refractivity contribution in [2.24, 2.45) is 0 Å². The second kappa shape index (κ2) is 4.93. The highest BCUT2D eigenvalue weighted by molar-refractivity contribution is 9.10. The zero-order valence-corrected chi connectivity index (χ0v) is 10.8. The fourth-order valence-corrected chi connectivity index (χ4v) is 2.08. The second-order valence-electron chi connectivity index (χ2n) is 3.54. The molecule has 2 rings (SSSR count). The van der Waals surface area contributed by atoms with Crippen LogP contribution >= 0.6 is 15.9 Å². The molecule has 0 bridgehead atoms. The van der Waals surface area contributed by atoms with Crippen molar-refractivity contribution in [3.05, 3.63) is 16.6 Å². The molecule has 1 aliphatic rings. The van der Waals surface area contributed by atoms with Crippen molar-refractivity contribution in [2.45, 2.75) is 6.10 Å². The predicted octanol–water partition coefficient (Wildman–Crippen LogP) is 1.82. The minimum atomic E-state index is 0.255. The molecular formula is C11H14BrNO3. The first-order valence-corrected chi connectivity index (χ1v) is 5.82. The van der Waals surface area contributed by atoms with Crippen molar-refractivity contribution in [3.63, 3.8) is 0 Å². The fraction of sp³-hybridized carbons (Fsp3) is 0.455. The molecule has 4 nitrogen and oxygen atoms in total. The van der Waals surface area contributed by atoms with Crippen LogP contribution < -0.4 is 19.5 Å². The summed E-state index contributed by atoms with van der Waals surface area (Å²) in [4.78, 5) is 0. The number of methoxy groups -OCH3 is 2. The Morgan fingerprint density at radius 2 is 2.00 bits per heavy atom. The van der Waals surface area contributed by atoms with Crippen molar-refractivity contribution in [1.82, 2.24) is 5.32 Å². The number of hydrogen-bond acceptors (Lipinski definition) is 4. The van der Waals surface area contributed by atoms with Crippen molar-refractivity contribution in [1.29, 1.82) is 0 Å². The van der Waals surface area contributed by atoms with Gasteiger partial charge in [-0.3, -0.25) is 0 Å². The van der Waals surface area contributed by atoms with Crippen molar-refractivity contribution < 1.29 is 14.2 Å². The quantitative estimate of drug-likeness (QED) is 0.917. The lowest BCUT2D eigenvalue weighted by atomic mass is 10.2. The number of hydrogen-bond donors (Lipinski definition) is 1. The van der Waals surface area contributed by atoms with Gasteiger partial charge in [0, 0.05) is 19.2 Å². The monoisotopic (exact) mass is 287 g/mol. The summed E-state index contributed by atoms with van der Waals surface area (Å²) in [6.45, 7) is 1.79. The summed E-state index contributed by atoms with van der Waals surface area (Å²) in [7, 11) is 3.22. The molecule has 1 aliphatic heterocycles. The van der Waals surface area contributed by atoms with E-state index in [0.29, 0.717) is 11.5 Å². The van der Waals surface area contributed by atoms with Crippen LogP contribution in [0.2, 0.25) is 0 Å². The lowest BCUT2D eigenvalue weighted by Gasteiger charge is -2.28. The van der Waals surface area contributed by atoms with Gasteiger partial charge in [-0.25, -0.2) is 0 Å². The van der Waals surface area contributed by atoms with E-state index in [2.05, 4.69) is 21.2 Å². The van der Waals surface area contributed by atoms with E-state index >= 15 is 0 Å². The first kappa shape index (κ1) is 11.5. The molecule has 88 valence electrons. The third kappa shape index (κ3) is 2.25. The molecule has 1 saturated heterocycles. The van der Waals surface area contributed by atoms with Crippen LogP contribution in [-0.2, 0) is 0 Å². The highest BCUT2D eigenvalue weighted by Gasteiger charge is 2.20. The number of ether oxygens (including phenoxy) is 3. The van der Waals surface area contributed by atoms with E-state index in [-0.39, 0.29) is 6.10 Å². The molecule has 1 aromatic rings. The Kier molecular flexibility index (Phi) is 3.56. The van der Waals surface area contributed by atoms with Gasteiger partial charge < -0.3 is 19.5 Å². The molecule has 0 amide bonds. The van der Waals surface area contributed by atoms with Crippen LogP contribution in [0.3, 0.4) is 0 Å². The molecule has 16 heavy (non-hydrogen) atoms. The van der Waals surface area contributed by atoms with E-state index < -0.39 is 0 Å². The van der Waals surface area contributed by atoms with Crippen molar-refractivity contribution >= 4 is 15.9 Å². The molecule has 0 radical (unpaired) electrons. The highest BCUT2D eigenvalue weighted by atomic mass is 79.9. The molecule has 0 spiro atoms. The summed E-state index contributed by atoms with van der Waals surface area (Å²) in [6, 6.07) is 3.72. The zero-order chi connectivity index (χ0) is 11.5. The summed E-state index contributed by atoms with van der Waals surface area (Å²) in [6.07, 6.45) is 0.255. The lowest BCUT2D eigenvalue weighted by Crippen LogP contribution is -2.50. The van der Waals surface area contributed by atoms with Gasteiger partial charge in [-0.1, -0.05) is 0 Å². The first-order valence-electron chi connectivity index (χ1n) is 5.03. The number of rotatable bonds is 4. The van der Waals surface area contributed by atoms with Gasteiger partial charge >= 0.3 is 0 Å². The molecule has 1 aromatic carbocycles. The maximum absolute atomic E-state index is 5.75. The van der Waals surface area contributed by atoms with Gasteiger partial charge in [-0.15, -0.1) is 0 Å². The smallest absolute Gasteiger partial charge is 0.175 e. The number of halogens is 1. The molecule has 0 aliphatic carbocycles. The molecule has 1 fully saturated rings. The molecular weight excluding hydrogens is 274 g/mol. The Morgan fingerprint density at radius 3 is 2.50 bits per heavy atom. The van der Waals surface area contributed by atoms with Crippen molar-refractivity contribution in [3.8, 4) is 17.2 Å². The van der Waals surface area contributed by atoms with E-state index in [9.17, 15) is 0 Å². The topological polar surface area (TPSA) is 39.7 Å². The summed E-state index contributed by atoms with van der Waals surface area (Å²) < 4.78 is 17.0. The molecule has 0 saturated carbocycles. The first-order chi connectivity index (χ1) is 7.74. The Bertz CT molecular complexity index is 380. The van der Waals surface area contributed by atoms with Gasteiger partial charge in [-0.05, 0) is 22.0 Å². The lowest BCUT2D eigenvalue weighted by molar-refractivity contribution is 0.141. The van der Waals surface area contributed by atoms with Gasteiger partial charge in [-0.2, -0.15) is 0 Å². The summed E-state index contributed by atoms with van der Waals surface area (Å²) in [5.41, 5.74) is 0. The van der Waals surface area contributed by atoms with E-state index in [1.165, 1.54) is 0 Å². The molecule has 0 unspecified atom stereocenters. The predicted molar refractivity (Wildman–Crippen MR) is 64.5 cm³/mol. The molecule has 1 N–H and O–H groups in total. The van der Waals surface area contributed by atoms with Crippen LogP contribution in [0.5, 0.6) is 17.2 Å². The highest BCUT2D eigenvalue weighted by Crippen LogP contribution is 2.39. The Hall–Kier alpha value is -0.940. The van der Waals surface area contributed by atoms with E-state index in [0.717, 1.165) is 23.3 Å². The fourth-order valence-electron chi connectivity index (χ4n) is 1.50. The van der Waals surface area contributed by atoms with Gasteiger partial charge in [0.15, 0.2) is 11.5 Å². The summed E-state index contributed by atoms with van der Waals surface area (Å²) >= 11 is 3.43. The minimum absolute atomic E-state index is 0.255. The molecule has 0 atom stereocenters. The van der Waals surface area contributed by atoms with Crippen LogP contribution in [0, 0.1) is 0 Å². The van der Waals surface area contributed by atoms with E-state index in [1.54, 1.807) is 14.2 Å². The van der Waals surface area contributed by atoms with Crippen LogP contribution in [0.1, 0.15) is 0 Å². The third-order valence-corrected chi connectivity index (χ3v) is 3.04. The molecule has 0 aromatic heterocycles. The van der Waals surface area contributed by atoms with Crippen LogP contribution in [0.4, 0.5) is 0 Å². The average molecular weight is 288 g/mol. The van der Waals surface area contributed by atoms with Crippen LogP contribution in [-0.4, -0.2) is 33.4 Å². The van der Waals surface area contributed by atoms with Gasteiger partial charge in [0.25, 0.3) is 0 Å². The molecule has 5 heteroatoms. The van der Waals surface area contributed by atoms with Gasteiger partial charge in [0.05, 0.1) is 18.7 Å². The molecule has 1 heterocycles. The Morgan fingerprint density at radius 1 is 1.25 bits per heavy atom. The standard InChI is InChI=1S/C11H14BrNO3/c1-14-10-4-7(16-8-5-13-6-8)3-9(12)11(10)15-2/h3-4,8,13H,5-6H2,1-2H3. The van der Waals surface area contributed by atoms with Crippen LogP contribution in [0.25, 0.3) is 0 Å². The van der Waals surface area contributed by atoms with E-state index in [4.69, 9.17) is 14.2 Å². The largest absolute Gasteiger partial charge is 0.493 e. The SMILES string of the molecule is COc1cc(OC2CNC2)cc(Br)c1OC. The number of nitrogens with one attached hydrogen (secondary N) is 1. The second-order valence-corrected chi connectivity index (χ2v) is 4.39. The average Bonchev–Trinajstić information content (AvgIpc) is 2.22. The van der Waals surface area contributed by atoms with Gasteiger partial charge in [0.1, 0.15) is 11.9 Å². The van der Waals surface area contributed by atoms with E-state index in [1.807, 2.05) is 12.1 Å². The van der Waals surface area contributed by atoms with Crippen molar-refractivity contribution in [2.75, 3.05) is 27.3 Å². The maximum Gasteiger partial charge on any atom is 0.175 e. The Balaban J connectivity index is 2.22. The Labute approximate surface area is 103 Å². The van der Waals surface area contributed by atoms with Gasteiger partial charge in [0.2, 0.25) is 0 Å². The number of benzene rings is 1. The maximum atomic E-state index is 5.75. The third-order valence-electron chi connectivity index (χ3n) is 2.45. The summed E-state index contributed by atoms with van der Waals surface area (Å²) in [5, 5.41) is 3.15. The minimum Gasteiger partial charge on any atom is -0.493 e. The van der Waals surface area contributed by atoms with Crippen LogP contribution in [0.15, 0.2) is 16.6 Å². The zero-order valence-electron chi connectivity index (χ0n) is 9.25. The summed E-state index contributed by atoms with van der Waals surface area (Å²) in [5.74, 6) is 2.14.